The molecule has 0 aromatic carbocycles. The molecule has 0 saturated heterocycles. The molecule has 2 atom stereocenters. The van der Waals surface area contributed by atoms with E-state index in [9.17, 15) is 0 Å². The van der Waals surface area contributed by atoms with E-state index < -0.39 is 0 Å². The van der Waals surface area contributed by atoms with E-state index in [1.54, 1.807) is 5.57 Å². The summed E-state index contributed by atoms with van der Waals surface area (Å²) >= 11 is 0. The minimum Gasteiger partial charge on any atom is -0.402 e. The van der Waals surface area contributed by atoms with Gasteiger partial charge in [-0.05, 0) is 61.3 Å². The Labute approximate surface area is 133 Å². The van der Waals surface area contributed by atoms with Crippen LogP contribution in [0.4, 0.5) is 0 Å². The lowest BCUT2D eigenvalue weighted by atomic mass is 9.79. The van der Waals surface area contributed by atoms with Gasteiger partial charge in [0.2, 0.25) is 0 Å². The molecule has 2 N–H and O–H groups in total. The molecule has 0 fully saturated rings. The molecule has 21 heavy (non-hydrogen) atoms. The molecule has 1 nitrogen and oxygen atoms in total. The molecule has 1 aliphatic rings. The summed E-state index contributed by atoms with van der Waals surface area (Å²) in [7, 11) is 0. The van der Waals surface area contributed by atoms with Gasteiger partial charge in [0.1, 0.15) is 0 Å². The van der Waals surface area contributed by atoms with E-state index in [1.165, 1.54) is 49.8 Å². The maximum atomic E-state index is 6.64. The van der Waals surface area contributed by atoms with Crippen LogP contribution in [-0.4, -0.2) is 0 Å². The fourth-order valence-electron chi connectivity index (χ4n) is 3.29. The Balaban J connectivity index is 2.85. The Kier molecular flexibility index (Phi) is 7.56. The zero-order valence-electron chi connectivity index (χ0n) is 15.0. The molecule has 0 heterocycles. The molecule has 0 amide bonds. The summed E-state index contributed by atoms with van der Waals surface area (Å²) in [5, 5.41) is 0. The van der Waals surface area contributed by atoms with Crippen LogP contribution in [0.25, 0.3) is 0 Å². The second-order valence-corrected chi connectivity index (χ2v) is 7.66. The predicted molar refractivity (Wildman–Crippen MR) is 95.0 cm³/mol. The lowest BCUT2D eigenvalue weighted by Crippen LogP contribution is -2.22. The third-order valence-electron chi connectivity index (χ3n) is 5.49. The summed E-state index contributed by atoms with van der Waals surface area (Å²) < 4.78 is 0. The molecular formula is C20H37N. The first-order valence-corrected chi connectivity index (χ1v) is 9.00. The van der Waals surface area contributed by atoms with Crippen LogP contribution in [0.3, 0.4) is 0 Å². The summed E-state index contributed by atoms with van der Waals surface area (Å²) in [6.45, 7) is 15.7. The summed E-state index contributed by atoms with van der Waals surface area (Å²) in [6, 6.07) is 0. The van der Waals surface area contributed by atoms with Crippen molar-refractivity contribution in [1.82, 2.24) is 0 Å². The number of rotatable bonds is 6. The smallest absolute Gasteiger partial charge is 0.0107 e. The molecular weight excluding hydrogens is 254 g/mol. The van der Waals surface area contributed by atoms with Crippen molar-refractivity contribution >= 4 is 0 Å². The number of allylic oxidation sites excluding steroid dienone is 3. The van der Waals surface area contributed by atoms with E-state index in [0.717, 1.165) is 6.42 Å². The normalized spacial score (nSPS) is 25.8. The van der Waals surface area contributed by atoms with Crippen molar-refractivity contribution in [2.24, 2.45) is 29.4 Å². The van der Waals surface area contributed by atoms with Crippen molar-refractivity contribution < 1.29 is 0 Å². The highest BCUT2D eigenvalue weighted by Crippen LogP contribution is 2.35. The van der Waals surface area contributed by atoms with Crippen molar-refractivity contribution in [3.8, 4) is 0 Å². The van der Waals surface area contributed by atoms with E-state index >= 15 is 0 Å². The molecule has 0 aromatic rings. The van der Waals surface area contributed by atoms with Crippen LogP contribution in [-0.2, 0) is 0 Å². The van der Waals surface area contributed by atoms with Gasteiger partial charge in [0.25, 0.3) is 0 Å². The number of hydrogen-bond acceptors (Lipinski definition) is 1. The average molecular weight is 292 g/mol. The van der Waals surface area contributed by atoms with Crippen LogP contribution in [0.5, 0.6) is 0 Å². The molecule has 2 unspecified atom stereocenters. The first-order chi connectivity index (χ1) is 9.84. The van der Waals surface area contributed by atoms with Gasteiger partial charge in [0.05, 0.1) is 0 Å². The minimum atomic E-state index is 0.581. The quantitative estimate of drug-likeness (QED) is 0.591. The minimum absolute atomic E-state index is 0.581. The van der Waals surface area contributed by atoms with E-state index in [0.29, 0.717) is 23.7 Å². The zero-order valence-corrected chi connectivity index (χ0v) is 15.0. The van der Waals surface area contributed by atoms with Crippen molar-refractivity contribution in [2.75, 3.05) is 0 Å². The molecule has 1 rings (SSSR count). The molecule has 122 valence electrons. The molecule has 0 aliphatic heterocycles. The van der Waals surface area contributed by atoms with Gasteiger partial charge in [-0.3, -0.25) is 0 Å². The highest BCUT2D eigenvalue weighted by Gasteiger charge is 2.23. The van der Waals surface area contributed by atoms with Gasteiger partial charge in [-0.15, -0.1) is 0 Å². The van der Waals surface area contributed by atoms with Crippen molar-refractivity contribution in [3.63, 3.8) is 0 Å². The van der Waals surface area contributed by atoms with Crippen LogP contribution in [0, 0.1) is 23.7 Å². The number of nitrogens with two attached hydrogens (primary N) is 1. The maximum absolute atomic E-state index is 6.64. The largest absolute Gasteiger partial charge is 0.402 e. The third-order valence-corrected chi connectivity index (χ3v) is 5.49. The highest BCUT2D eigenvalue weighted by molar-refractivity contribution is 5.18. The van der Waals surface area contributed by atoms with Crippen LogP contribution in [0.15, 0.2) is 23.4 Å². The first-order valence-electron chi connectivity index (χ1n) is 9.00. The first kappa shape index (κ1) is 18.3. The molecule has 0 bridgehead atoms. The van der Waals surface area contributed by atoms with Gasteiger partial charge < -0.3 is 5.73 Å². The van der Waals surface area contributed by atoms with Crippen molar-refractivity contribution in [2.45, 2.75) is 79.6 Å². The van der Waals surface area contributed by atoms with Crippen LogP contribution in [0.2, 0.25) is 0 Å². The van der Waals surface area contributed by atoms with E-state index in [4.69, 9.17) is 5.73 Å². The Hall–Kier alpha value is -0.720. The Morgan fingerprint density at radius 2 is 1.81 bits per heavy atom. The van der Waals surface area contributed by atoms with Crippen molar-refractivity contribution in [1.29, 1.82) is 0 Å². The average Bonchev–Trinajstić information content (AvgIpc) is 2.41. The lowest BCUT2D eigenvalue weighted by molar-refractivity contribution is 0.407. The monoisotopic (exact) mass is 291 g/mol. The van der Waals surface area contributed by atoms with E-state index in [1.807, 2.05) is 0 Å². The van der Waals surface area contributed by atoms with Gasteiger partial charge in [-0.2, -0.15) is 0 Å². The van der Waals surface area contributed by atoms with Gasteiger partial charge in [-0.25, -0.2) is 0 Å². The SMILES string of the molecule is C=C(CCC1CCCCC/C(C(C)C(C)C)=C\1N)C(C)C. The summed E-state index contributed by atoms with van der Waals surface area (Å²) in [5.74, 6) is 2.48. The Bertz CT molecular complexity index is 362. The number of hydrogen-bond donors (Lipinski definition) is 1. The topological polar surface area (TPSA) is 26.0 Å². The molecule has 0 spiro atoms. The molecule has 0 radical (unpaired) electrons. The van der Waals surface area contributed by atoms with E-state index in [-0.39, 0.29) is 0 Å². The third kappa shape index (κ3) is 5.52. The van der Waals surface area contributed by atoms with Gasteiger partial charge in [0, 0.05) is 5.70 Å². The highest BCUT2D eigenvalue weighted by atomic mass is 14.6. The fourth-order valence-corrected chi connectivity index (χ4v) is 3.29. The predicted octanol–water partition coefficient (Wildman–Crippen LogP) is 6.06. The maximum Gasteiger partial charge on any atom is 0.0107 e. The van der Waals surface area contributed by atoms with Crippen molar-refractivity contribution in [3.05, 3.63) is 23.4 Å². The molecule has 0 saturated carbocycles. The van der Waals surface area contributed by atoms with Crippen LogP contribution < -0.4 is 5.73 Å². The standard InChI is InChI=1S/C20H37N/c1-14(2)16(5)12-13-18-10-8-7-9-11-19(20(18)21)17(6)15(3)4/h14-15,17-18H,5,7-13,21H2,1-4,6H3/b20-19-. The second kappa shape index (κ2) is 8.66. The summed E-state index contributed by atoms with van der Waals surface area (Å²) in [4.78, 5) is 0. The fraction of sp³-hybridized carbons (Fsp3) is 0.800. The second-order valence-electron chi connectivity index (χ2n) is 7.66. The summed E-state index contributed by atoms with van der Waals surface area (Å²) in [5.41, 5.74) is 10.8. The molecule has 0 aromatic heterocycles. The van der Waals surface area contributed by atoms with E-state index in [2.05, 4.69) is 41.2 Å². The molecule has 1 aliphatic carbocycles. The molecule has 1 heteroatoms. The lowest BCUT2D eigenvalue weighted by Gasteiger charge is -2.29. The van der Waals surface area contributed by atoms with Gasteiger partial charge in [0.15, 0.2) is 0 Å². The van der Waals surface area contributed by atoms with Gasteiger partial charge in [-0.1, -0.05) is 59.6 Å². The Morgan fingerprint density at radius 3 is 2.38 bits per heavy atom. The van der Waals surface area contributed by atoms with Crippen LogP contribution in [0.1, 0.15) is 79.6 Å². The van der Waals surface area contributed by atoms with Gasteiger partial charge >= 0.3 is 0 Å². The zero-order chi connectivity index (χ0) is 16.0. The van der Waals surface area contributed by atoms with Crippen LogP contribution >= 0.6 is 0 Å². The summed E-state index contributed by atoms with van der Waals surface area (Å²) in [6.07, 6.45) is 8.83. The Morgan fingerprint density at radius 1 is 1.14 bits per heavy atom.